The molecule has 0 spiro atoms. The molecule has 2 aromatic heterocycles. The molecule has 128 valence electrons. The highest BCUT2D eigenvalue weighted by molar-refractivity contribution is 7.90. The van der Waals surface area contributed by atoms with Crippen molar-refractivity contribution in [1.82, 2.24) is 19.7 Å². The van der Waals surface area contributed by atoms with Crippen LogP contribution < -0.4 is 0 Å². The summed E-state index contributed by atoms with van der Waals surface area (Å²) in [7, 11) is -3.44. The first kappa shape index (κ1) is 15.7. The molecule has 2 aromatic rings. The zero-order valence-corrected chi connectivity index (χ0v) is 14.4. The Morgan fingerprint density at radius 1 is 1.33 bits per heavy atom. The number of rotatable bonds is 5. The quantitative estimate of drug-likeness (QED) is 0.764. The average molecular weight is 348 g/mol. The van der Waals surface area contributed by atoms with Gasteiger partial charge < -0.3 is 4.74 Å². The summed E-state index contributed by atoms with van der Waals surface area (Å²) in [5.74, 6) is 0.692. The largest absolute Gasteiger partial charge is 0.379 e. The highest BCUT2D eigenvalue weighted by Crippen LogP contribution is 2.37. The Morgan fingerprint density at radius 2 is 2.17 bits per heavy atom. The molecule has 0 amide bonds. The van der Waals surface area contributed by atoms with Crippen LogP contribution in [0.25, 0.3) is 11.3 Å². The summed E-state index contributed by atoms with van der Waals surface area (Å²) in [6.07, 6.45) is 8.80. The Labute approximate surface area is 141 Å². The topological polar surface area (TPSA) is 87.0 Å². The number of sulfone groups is 1. The minimum atomic E-state index is -3.44. The van der Waals surface area contributed by atoms with Gasteiger partial charge in [-0.05, 0) is 37.7 Å². The summed E-state index contributed by atoms with van der Waals surface area (Å²) in [4.78, 5) is 8.14. The SMILES string of the molecule is CS(=O)(=O)c1nccc(-c2cnn([C@H]3CCOC3)c2CC2CC2)n1. The molecule has 1 saturated heterocycles. The van der Waals surface area contributed by atoms with E-state index >= 15 is 0 Å². The van der Waals surface area contributed by atoms with Gasteiger partial charge in [0.2, 0.25) is 15.0 Å². The van der Waals surface area contributed by atoms with E-state index in [-0.39, 0.29) is 11.2 Å². The van der Waals surface area contributed by atoms with Crippen molar-refractivity contribution in [1.29, 1.82) is 0 Å². The van der Waals surface area contributed by atoms with Gasteiger partial charge in [0.15, 0.2) is 0 Å². The number of hydrogen-bond acceptors (Lipinski definition) is 6. The number of hydrogen-bond donors (Lipinski definition) is 0. The van der Waals surface area contributed by atoms with E-state index in [0.717, 1.165) is 37.0 Å². The molecular weight excluding hydrogens is 328 g/mol. The first-order valence-electron chi connectivity index (χ1n) is 8.20. The second-order valence-corrected chi connectivity index (χ2v) is 8.52. The van der Waals surface area contributed by atoms with Gasteiger partial charge >= 0.3 is 0 Å². The summed E-state index contributed by atoms with van der Waals surface area (Å²) in [5, 5.41) is 4.43. The molecule has 0 aromatic carbocycles. The van der Waals surface area contributed by atoms with Gasteiger partial charge in [0.1, 0.15) is 0 Å². The van der Waals surface area contributed by atoms with Crippen LogP contribution in [0.3, 0.4) is 0 Å². The maximum absolute atomic E-state index is 11.7. The van der Waals surface area contributed by atoms with Gasteiger partial charge in [-0.1, -0.05) is 0 Å². The zero-order chi connectivity index (χ0) is 16.7. The first-order chi connectivity index (χ1) is 11.5. The van der Waals surface area contributed by atoms with Crippen molar-refractivity contribution in [2.45, 2.75) is 36.9 Å². The first-order valence-corrected chi connectivity index (χ1v) is 10.1. The van der Waals surface area contributed by atoms with Gasteiger partial charge in [-0.2, -0.15) is 5.10 Å². The van der Waals surface area contributed by atoms with Crippen molar-refractivity contribution >= 4 is 9.84 Å². The fourth-order valence-corrected chi connectivity index (χ4v) is 3.62. The zero-order valence-electron chi connectivity index (χ0n) is 13.6. The molecule has 1 aliphatic carbocycles. The predicted octanol–water partition coefficient (Wildman–Crippen LogP) is 1.66. The fourth-order valence-electron chi connectivity index (χ4n) is 3.10. The number of aromatic nitrogens is 4. The summed E-state index contributed by atoms with van der Waals surface area (Å²) in [6.45, 7) is 1.44. The predicted molar refractivity (Wildman–Crippen MR) is 87.3 cm³/mol. The lowest BCUT2D eigenvalue weighted by Crippen LogP contribution is -2.14. The summed E-state index contributed by atoms with van der Waals surface area (Å²) in [5.41, 5.74) is 2.65. The van der Waals surface area contributed by atoms with Gasteiger partial charge in [0.25, 0.3) is 0 Å². The van der Waals surface area contributed by atoms with Crippen LogP contribution in [0.4, 0.5) is 0 Å². The maximum Gasteiger partial charge on any atom is 0.247 e. The second-order valence-electron chi connectivity index (χ2n) is 6.61. The van der Waals surface area contributed by atoms with Crippen LogP contribution in [0, 0.1) is 5.92 Å². The molecule has 4 rings (SSSR count). The van der Waals surface area contributed by atoms with E-state index in [1.807, 2.05) is 0 Å². The molecule has 2 fully saturated rings. The third-order valence-electron chi connectivity index (χ3n) is 4.57. The van der Waals surface area contributed by atoms with Crippen LogP contribution in [0.1, 0.15) is 31.0 Å². The lowest BCUT2D eigenvalue weighted by Gasteiger charge is -2.14. The normalized spacial score (nSPS) is 21.3. The number of nitrogens with zero attached hydrogens (tertiary/aromatic N) is 4. The lowest BCUT2D eigenvalue weighted by molar-refractivity contribution is 0.184. The van der Waals surface area contributed by atoms with Gasteiger partial charge in [0.05, 0.1) is 24.5 Å². The van der Waals surface area contributed by atoms with E-state index in [0.29, 0.717) is 18.2 Å². The van der Waals surface area contributed by atoms with E-state index < -0.39 is 9.84 Å². The standard InChI is InChI=1S/C16H20N4O3S/c1-24(21,22)16-17-6-4-14(19-16)13-9-18-20(12-5-7-23-10-12)15(13)8-11-2-3-11/h4,6,9,11-12H,2-3,5,7-8,10H2,1H3/t12-/m0/s1. The molecule has 1 saturated carbocycles. The van der Waals surface area contributed by atoms with E-state index in [2.05, 4.69) is 19.7 Å². The fraction of sp³-hybridized carbons (Fsp3) is 0.562. The van der Waals surface area contributed by atoms with Crippen LogP contribution in [0.5, 0.6) is 0 Å². The van der Waals surface area contributed by atoms with E-state index in [4.69, 9.17) is 4.74 Å². The highest BCUT2D eigenvalue weighted by atomic mass is 32.2. The molecule has 1 aliphatic heterocycles. The third kappa shape index (κ3) is 3.08. The van der Waals surface area contributed by atoms with E-state index in [1.165, 1.54) is 19.0 Å². The molecule has 2 aliphatic rings. The minimum Gasteiger partial charge on any atom is -0.379 e. The smallest absolute Gasteiger partial charge is 0.247 e. The van der Waals surface area contributed by atoms with Crippen LogP contribution in [0.2, 0.25) is 0 Å². The Morgan fingerprint density at radius 3 is 2.83 bits per heavy atom. The van der Waals surface area contributed by atoms with Gasteiger partial charge in [-0.15, -0.1) is 0 Å². The van der Waals surface area contributed by atoms with E-state index in [9.17, 15) is 8.42 Å². The molecule has 0 unspecified atom stereocenters. The Balaban J connectivity index is 1.77. The molecule has 1 atom stereocenters. The lowest BCUT2D eigenvalue weighted by atomic mass is 10.1. The summed E-state index contributed by atoms with van der Waals surface area (Å²) < 4.78 is 31.0. The van der Waals surface area contributed by atoms with Crippen molar-refractivity contribution < 1.29 is 13.2 Å². The van der Waals surface area contributed by atoms with Crippen molar-refractivity contribution in [2.24, 2.45) is 5.92 Å². The molecule has 7 nitrogen and oxygen atoms in total. The molecule has 3 heterocycles. The molecule has 8 heteroatoms. The Bertz CT molecular complexity index is 852. The molecular formula is C16H20N4O3S. The molecule has 0 N–H and O–H groups in total. The minimum absolute atomic E-state index is 0.144. The van der Waals surface area contributed by atoms with E-state index in [1.54, 1.807) is 12.3 Å². The third-order valence-corrected chi connectivity index (χ3v) is 5.43. The van der Waals surface area contributed by atoms with Crippen molar-refractivity contribution in [3.8, 4) is 11.3 Å². The van der Waals surface area contributed by atoms with Crippen molar-refractivity contribution in [3.63, 3.8) is 0 Å². The van der Waals surface area contributed by atoms with Crippen molar-refractivity contribution in [3.05, 3.63) is 24.2 Å². The van der Waals surface area contributed by atoms with Gasteiger partial charge in [-0.3, -0.25) is 4.68 Å². The monoisotopic (exact) mass is 348 g/mol. The molecule has 24 heavy (non-hydrogen) atoms. The Kier molecular flexibility index (Phi) is 3.88. The average Bonchev–Trinajstić information content (AvgIpc) is 3.04. The number of ether oxygens (including phenoxy) is 1. The van der Waals surface area contributed by atoms with Gasteiger partial charge in [0, 0.05) is 30.3 Å². The second kappa shape index (κ2) is 5.93. The van der Waals surface area contributed by atoms with Crippen molar-refractivity contribution in [2.75, 3.05) is 19.5 Å². The van der Waals surface area contributed by atoms with Crippen LogP contribution in [-0.4, -0.2) is 47.6 Å². The maximum atomic E-state index is 11.7. The summed E-state index contributed by atoms with van der Waals surface area (Å²) in [6, 6.07) is 2.00. The molecule has 0 bridgehead atoms. The van der Waals surface area contributed by atoms with Gasteiger partial charge in [-0.25, -0.2) is 18.4 Å². The van der Waals surface area contributed by atoms with Crippen LogP contribution in [0.15, 0.2) is 23.6 Å². The van der Waals surface area contributed by atoms with Crippen LogP contribution in [-0.2, 0) is 21.0 Å². The summed E-state index contributed by atoms with van der Waals surface area (Å²) >= 11 is 0. The Hall–Kier alpha value is -1.80. The highest BCUT2D eigenvalue weighted by Gasteiger charge is 2.29. The van der Waals surface area contributed by atoms with Crippen LogP contribution >= 0.6 is 0 Å². The molecule has 0 radical (unpaired) electrons.